The van der Waals surface area contributed by atoms with Crippen molar-refractivity contribution in [3.63, 3.8) is 0 Å². The minimum absolute atomic E-state index is 0.248. The first-order valence-electron chi connectivity index (χ1n) is 9.87. The number of hydrogen-bond donors (Lipinski definition) is 2. The van der Waals surface area contributed by atoms with Crippen LogP contribution < -0.4 is 15.5 Å². The summed E-state index contributed by atoms with van der Waals surface area (Å²) in [5, 5.41) is 6.74. The maximum absolute atomic E-state index is 12.2. The lowest BCUT2D eigenvalue weighted by Gasteiger charge is -2.23. The highest BCUT2D eigenvalue weighted by Crippen LogP contribution is 2.35. The van der Waals surface area contributed by atoms with Crippen LogP contribution in [0.2, 0.25) is 5.02 Å². The number of hydrogen-bond acceptors (Lipinski definition) is 3. The van der Waals surface area contributed by atoms with Gasteiger partial charge < -0.3 is 10.2 Å². The van der Waals surface area contributed by atoms with Crippen molar-refractivity contribution in [3.8, 4) is 0 Å². The van der Waals surface area contributed by atoms with Gasteiger partial charge in [-0.3, -0.25) is 10.1 Å². The summed E-state index contributed by atoms with van der Waals surface area (Å²) in [5.74, 6) is 0.205. The molecule has 1 heterocycles. The molecule has 2 aromatic carbocycles. The molecule has 0 unspecified atom stereocenters. The fourth-order valence-electron chi connectivity index (χ4n) is 3.35. The third-order valence-electron chi connectivity index (χ3n) is 4.92. The maximum atomic E-state index is 12.2. The van der Waals surface area contributed by atoms with Crippen LogP contribution in [0.4, 0.5) is 11.4 Å². The van der Waals surface area contributed by atoms with Crippen molar-refractivity contribution in [2.24, 2.45) is 0 Å². The Kier molecular flexibility index (Phi) is 7.29. The molecule has 0 atom stereocenters. The van der Waals surface area contributed by atoms with Crippen molar-refractivity contribution in [1.82, 2.24) is 5.32 Å². The fourth-order valence-corrected chi connectivity index (χ4v) is 3.85. The highest BCUT2D eigenvalue weighted by Gasteiger charge is 2.19. The van der Waals surface area contributed by atoms with E-state index in [0.29, 0.717) is 10.9 Å². The zero-order chi connectivity index (χ0) is 20.8. The molecule has 1 amide bonds. The molecule has 0 spiro atoms. The number of carbonyl (C=O) groups excluding carboxylic acids is 1. The molecular weight excluding hydrogens is 402 g/mol. The molecule has 1 saturated heterocycles. The summed E-state index contributed by atoms with van der Waals surface area (Å²) in [6.45, 7) is 6.24. The normalized spacial score (nSPS) is 13.9. The summed E-state index contributed by atoms with van der Waals surface area (Å²) >= 11 is 11.8. The fraction of sp³-hybridized carbons (Fsp3) is 0.304. The lowest BCUT2D eigenvalue weighted by atomic mass is 10.0. The second-order valence-corrected chi connectivity index (χ2v) is 8.24. The number of halogens is 1. The maximum Gasteiger partial charge on any atom is 0.250 e. The molecule has 2 N–H and O–H groups in total. The third kappa shape index (κ3) is 5.81. The highest BCUT2D eigenvalue weighted by molar-refractivity contribution is 7.80. The van der Waals surface area contributed by atoms with E-state index in [1.165, 1.54) is 11.6 Å². The van der Waals surface area contributed by atoms with Gasteiger partial charge in [0, 0.05) is 19.2 Å². The van der Waals surface area contributed by atoms with Crippen LogP contribution in [0.1, 0.15) is 43.7 Å². The van der Waals surface area contributed by atoms with Gasteiger partial charge in [0.15, 0.2) is 5.11 Å². The average Bonchev–Trinajstić information content (AvgIpc) is 3.21. The first kappa shape index (κ1) is 21.3. The molecule has 0 aromatic heterocycles. The summed E-state index contributed by atoms with van der Waals surface area (Å²) in [4.78, 5) is 14.5. The Morgan fingerprint density at radius 3 is 2.48 bits per heavy atom. The minimum Gasteiger partial charge on any atom is -0.369 e. The summed E-state index contributed by atoms with van der Waals surface area (Å²) in [6, 6.07) is 13.8. The quantitative estimate of drug-likeness (QED) is 0.482. The van der Waals surface area contributed by atoms with E-state index in [2.05, 4.69) is 41.5 Å². The monoisotopic (exact) mass is 427 g/mol. The van der Waals surface area contributed by atoms with Crippen LogP contribution in [0, 0.1) is 0 Å². The molecule has 0 aliphatic carbocycles. The molecule has 0 radical (unpaired) electrons. The van der Waals surface area contributed by atoms with Crippen LogP contribution in [0.25, 0.3) is 6.08 Å². The predicted octanol–water partition coefficient (Wildman–Crippen LogP) is 5.59. The van der Waals surface area contributed by atoms with E-state index in [0.717, 1.165) is 42.9 Å². The van der Waals surface area contributed by atoms with Crippen LogP contribution in [0.15, 0.2) is 48.5 Å². The van der Waals surface area contributed by atoms with E-state index in [1.54, 1.807) is 6.08 Å². The molecule has 29 heavy (non-hydrogen) atoms. The van der Waals surface area contributed by atoms with E-state index in [1.807, 2.05) is 30.3 Å². The van der Waals surface area contributed by atoms with Crippen molar-refractivity contribution in [2.45, 2.75) is 32.6 Å². The van der Waals surface area contributed by atoms with Gasteiger partial charge in [-0.15, -0.1) is 0 Å². The van der Waals surface area contributed by atoms with Crippen molar-refractivity contribution >= 4 is 52.3 Å². The van der Waals surface area contributed by atoms with E-state index in [4.69, 9.17) is 23.8 Å². The first-order chi connectivity index (χ1) is 13.9. The summed E-state index contributed by atoms with van der Waals surface area (Å²) < 4.78 is 0. The Balaban J connectivity index is 1.61. The van der Waals surface area contributed by atoms with Gasteiger partial charge in [0.1, 0.15) is 0 Å². The predicted molar refractivity (Wildman–Crippen MR) is 127 cm³/mol. The Hall–Kier alpha value is -2.37. The highest BCUT2D eigenvalue weighted by atomic mass is 35.5. The van der Waals surface area contributed by atoms with Gasteiger partial charge >= 0.3 is 0 Å². The van der Waals surface area contributed by atoms with Gasteiger partial charge in [-0.25, -0.2) is 0 Å². The van der Waals surface area contributed by atoms with Gasteiger partial charge in [-0.1, -0.05) is 55.8 Å². The van der Waals surface area contributed by atoms with E-state index >= 15 is 0 Å². The van der Waals surface area contributed by atoms with E-state index in [-0.39, 0.29) is 11.0 Å². The van der Waals surface area contributed by atoms with E-state index < -0.39 is 0 Å². The molecule has 2 aromatic rings. The molecule has 1 aliphatic rings. The standard InChI is InChI=1S/C23H26ClN3OS/c1-16(2)18-11-8-17(9-12-18)10-13-21(28)26-23(29)25-20-7-5-6-19(24)22(20)27-14-3-4-15-27/h5-13,16H,3-4,14-15H2,1-2H3,(H2,25,26,28,29). The lowest BCUT2D eigenvalue weighted by Crippen LogP contribution is -2.33. The van der Waals surface area contributed by atoms with Crippen LogP contribution in [-0.2, 0) is 4.79 Å². The van der Waals surface area contributed by atoms with Gasteiger partial charge in [-0.2, -0.15) is 0 Å². The number of rotatable bonds is 5. The summed E-state index contributed by atoms with van der Waals surface area (Å²) in [7, 11) is 0. The zero-order valence-corrected chi connectivity index (χ0v) is 18.3. The zero-order valence-electron chi connectivity index (χ0n) is 16.7. The largest absolute Gasteiger partial charge is 0.369 e. The number of thiocarbonyl (C=S) groups is 1. The number of anilines is 2. The van der Waals surface area contributed by atoms with Crippen LogP contribution in [0.3, 0.4) is 0 Å². The molecule has 3 rings (SSSR count). The molecule has 0 saturated carbocycles. The van der Waals surface area contributed by atoms with Crippen LogP contribution in [-0.4, -0.2) is 24.1 Å². The van der Waals surface area contributed by atoms with Crippen molar-refractivity contribution in [2.75, 3.05) is 23.3 Å². The van der Waals surface area contributed by atoms with Gasteiger partial charge in [0.25, 0.3) is 0 Å². The van der Waals surface area contributed by atoms with Gasteiger partial charge in [0.05, 0.1) is 16.4 Å². The van der Waals surface area contributed by atoms with Crippen molar-refractivity contribution in [1.29, 1.82) is 0 Å². The second kappa shape index (κ2) is 9.90. The van der Waals surface area contributed by atoms with Crippen molar-refractivity contribution in [3.05, 3.63) is 64.7 Å². The molecule has 1 fully saturated rings. The van der Waals surface area contributed by atoms with Gasteiger partial charge in [0.2, 0.25) is 5.91 Å². The third-order valence-corrected chi connectivity index (χ3v) is 5.43. The number of nitrogens with zero attached hydrogens (tertiary/aromatic N) is 1. The Labute approximate surface area is 182 Å². The Morgan fingerprint density at radius 2 is 1.83 bits per heavy atom. The Bertz CT molecular complexity index is 903. The molecular formula is C23H26ClN3OS. The van der Waals surface area contributed by atoms with Gasteiger partial charge in [-0.05, 0) is 60.3 Å². The average molecular weight is 428 g/mol. The number of carbonyl (C=O) groups is 1. The first-order valence-corrected chi connectivity index (χ1v) is 10.7. The number of amides is 1. The van der Waals surface area contributed by atoms with Crippen LogP contribution in [0.5, 0.6) is 0 Å². The molecule has 152 valence electrons. The SMILES string of the molecule is CC(C)c1ccc(C=CC(=O)NC(=S)Nc2cccc(Cl)c2N2CCCC2)cc1. The van der Waals surface area contributed by atoms with Crippen molar-refractivity contribution < 1.29 is 4.79 Å². The molecule has 0 bridgehead atoms. The lowest BCUT2D eigenvalue weighted by molar-refractivity contribution is -0.115. The summed E-state index contributed by atoms with van der Waals surface area (Å²) in [5.41, 5.74) is 3.98. The molecule has 4 nitrogen and oxygen atoms in total. The number of benzene rings is 2. The molecule has 6 heteroatoms. The number of nitrogens with one attached hydrogen (secondary N) is 2. The second-order valence-electron chi connectivity index (χ2n) is 7.43. The summed E-state index contributed by atoms with van der Waals surface area (Å²) in [6.07, 6.45) is 5.55. The minimum atomic E-state index is -0.278. The van der Waals surface area contributed by atoms with E-state index in [9.17, 15) is 4.79 Å². The number of para-hydroxylation sites is 1. The topological polar surface area (TPSA) is 44.4 Å². The Morgan fingerprint density at radius 1 is 1.14 bits per heavy atom. The molecule has 1 aliphatic heterocycles. The van der Waals surface area contributed by atoms with Crippen LogP contribution >= 0.6 is 23.8 Å². The smallest absolute Gasteiger partial charge is 0.250 e.